The first kappa shape index (κ1) is 16.0. The van der Waals surface area contributed by atoms with Crippen LogP contribution in [-0.4, -0.2) is 31.3 Å². The molecule has 1 aromatic rings. The molecule has 0 aromatic heterocycles. The van der Waals surface area contributed by atoms with E-state index in [1.165, 1.54) is 19.2 Å². The number of methoxy groups -OCH3 is 1. The lowest BCUT2D eigenvalue weighted by atomic mass is 10.2. The van der Waals surface area contributed by atoms with E-state index in [1.807, 2.05) is 0 Å². The van der Waals surface area contributed by atoms with Crippen molar-refractivity contribution >= 4 is 29.6 Å². The van der Waals surface area contributed by atoms with Gasteiger partial charge in [0.15, 0.2) is 11.5 Å². The molecule has 0 bridgehead atoms. The molecule has 0 N–H and O–H groups in total. The van der Waals surface area contributed by atoms with Gasteiger partial charge in [0.1, 0.15) is 6.29 Å². The highest BCUT2D eigenvalue weighted by Gasteiger charge is 2.27. The third-order valence-electron chi connectivity index (χ3n) is 1.98. The van der Waals surface area contributed by atoms with Gasteiger partial charge in [-0.2, -0.15) is 13.2 Å². The van der Waals surface area contributed by atoms with Crippen LogP contribution in [-0.2, 0) is 0 Å². The van der Waals surface area contributed by atoms with Gasteiger partial charge in [-0.15, -0.1) is 0 Å². The Kier molecular flexibility index (Phi) is 5.81. The first-order valence-corrected chi connectivity index (χ1v) is 6.40. The fraction of sp³-hybridized carbons (Fsp3) is 0.364. The van der Waals surface area contributed by atoms with Crippen molar-refractivity contribution in [2.75, 3.05) is 19.5 Å². The Morgan fingerprint density at radius 1 is 1.42 bits per heavy atom. The maximum Gasteiger partial charge on any atom is 0.441 e. The smallest absolute Gasteiger partial charge is 0.441 e. The molecule has 19 heavy (non-hydrogen) atoms. The van der Waals surface area contributed by atoms with Crippen molar-refractivity contribution in [3.8, 4) is 11.5 Å². The minimum absolute atomic E-state index is 0.110. The molecule has 0 unspecified atom stereocenters. The molecule has 0 aliphatic carbocycles. The molecular weight excluding hydrogens is 305 g/mol. The predicted octanol–water partition coefficient (Wildman–Crippen LogP) is 3.79. The lowest BCUT2D eigenvalue weighted by Crippen LogP contribution is -2.08. The van der Waals surface area contributed by atoms with E-state index in [4.69, 9.17) is 21.1 Å². The summed E-state index contributed by atoms with van der Waals surface area (Å²) in [7, 11) is 1.34. The minimum Gasteiger partial charge on any atom is -0.493 e. The molecule has 0 aliphatic rings. The number of carbonyl (C=O) groups excluding carboxylic acids is 1. The number of hydrogen-bond acceptors (Lipinski definition) is 4. The predicted molar refractivity (Wildman–Crippen MR) is 67.4 cm³/mol. The number of alkyl halides is 3. The summed E-state index contributed by atoms with van der Waals surface area (Å²) in [5, 5.41) is 0.110. The van der Waals surface area contributed by atoms with E-state index in [0.29, 0.717) is 11.8 Å². The van der Waals surface area contributed by atoms with Crippen molar-refractivity contribution in [2.45, 2.75) is 5.51 Å². The lowest BCUT2D eigenvalue weighted by molar-refractivity contribution is -0.0329. The van der Waals surface area contributed by atoms with Crippen molar-refractivity contribution in [3.63, 3.8) is 0 Å². The van der Waals surface area contributed by atoms with Crippen molar-refractivity contribution in [1.29, 1.82) is 0 Å². The summed E-state index contributed by atoms with van der Waals surface area (Å²) in [6, 6.07) is 2.74. The number of carbonyl (C=O) groups is 1. The molecule has 0 fully saturated rings. The molecule has 8 heteroatoms. The van der Waals surface area contributed by atoms with Crippen LogP contribution >= 0.6 is 23.4 Å². The first-order chi connectivity index (χ1) is 8.87. The number of ether oxygens (including phenoxy) is 2. The zero-order chi connectivity index (χ0) is 14.5. The summed E-state index contributed by atoms with van der Waals surface area (Å²) in [5.74, 6) is 0.0578. The third-order valence-corrected chi connectivity index (χ3v) is 2.96. The molecular formula is C11H10ClF3O3S. The highest BCUT2D eigenvalue weighted by molar-refractivity contribution is 8.00. The van der Waals surface area contributed by atoms with E-state index >= 15 is 0 Å². The topological polar surface area (TPSA) is 35.5 Å². The Labute approximate surface area is 117 Å². The molecule has 1 rings (SSSR count). The molecule has 0 saturated heterocycles. The molecule has 0 atom stereocenters. The van der Waals surface area contributed by atoms with Crippen LogP contribution < -0.4 is 9.47 Å². The van der Waals surface area contributed by atoms with Crippen LogP contribution in [0.5, 0.6) is 11.5 Å². The van der Waals surface area contributed by atoms with Crippen molar-refractivity contribution in [2.24, 2.45) is 0 Å². The Morgan fingerprint density at radius 3 is 2.63 bits per heavy atom. The SMILES string of the molecule is COc1cc(C=O)cc(Cl)c1OCCSC(F)(F)F. The average molecular weight is 315 g/mol. The van der Waals surface area contributed by atoms with Crippen LogP contribution in [0.2, 0.25) is 5.02 Å². The van der Waals surface area contributed by atoms with Crippen molar-refractivity contribution < 1.29 is 27.4 Å². The normalized spacial score (nSPS) is 11.2. The summed E-state index contributed by atoms with van der Waals surface area (Å²) in [5.41, 5.74) is -4.00. The summed E-state index contributed by atoms with van der Waals surface area (Å²) in [6.07, 6.45) is 0.581. The second-order valence-corrected chi connectivity index (χ2v) is 4.86. The van der Waals surface area contributed by atoms with E-state index in [0.717, 1.165) is 0 Å². The van der Waals surface area contributed by atoms with Crippen LogP contribution in [0.3, 0.4) is 0 Å². The van der Waals surface area contributed by atoms with Gasteiger partial charge in [0, 0.05) is 11.3 Å². The lowest BCUT2D eigenvalue weighted by Gasteiger charge is -2.13. The number of aldehydes is 1. The van der Waals surface area contributed by atoms with Gasteiger partial charge in [-0.1, -0.05) is 11.6 Å². The number of halogens is 4. The van der Waals surface area contributed by atoms with Gasteiger partial charge in [0.2, 0.25) is 0 Å². The maximum atomic E-state index is 11.9. The largest absolute Gasteiger partial charge is 0.493 e. The molecule has 1 aromatic carbocycles. The highest BCUT2D eigenvalue weighted by Crippen LogP contribution is 2.36. The molecule has 106 valence electrons. The van der Waals surface area contributed by atoms with E-state index in [-0.39, 0.29) is 40.6 Å². The van der Waals surface area contributed by atoms with Gasteiger partial charge in [-0.05, 0) is 23.9 Å². The van der Waals surface area contributed by atoms with Gasteiger partial charge in [0.25, 0.3) is 0 Å². The molecule has 3 nitrogen and oxygen atoms in total. The summed E-state index contributed by atoms with van der Waals surface area (Å²) >= 11 is 5.68. The number of hydrogen-bond donors (Lipinski definition) is 0. The Bertz CT molecular complexity index is 452. The molecule has 0 aliphatic heterocycles. The molecule has 0 heterocycles. The van der Waals surface area contributed by atoms with Crippen LogP contribution in [0.15, 0.2) is 12.1 Å². The standard InChI is InChI=1S/C11H10ClF3O3S/c1-17-9-5-7(6-16)4-8(12)10(9)18-2-3-19-11(13,14)15/h4-6H,2-3H2,1H3. The molecule has 0 saturated carbocycles. The zero-order valence-corrected chi connectivity index (χ0v) is 11.4. The number of benzene rings is 1. The van der Waals surface area contributed by atoms with Gasteiger partial charge in [0.05, 0.1) is 18.7 Å². The Balaban J connectivity index is 2.70. The zero-order valence-electron chi connectivity index (χ0n) is 9.79. The van der Waals surface area contributed by atoms with E-state index in [1.54, 1.807) is 0 Å². The summed E-state index contributed by atoms with van der Waals surface area (Å²) in [6.45, 7) is -0.180. The summed E-state index contributed by atoms with van der Waals surface area (Å²) < 4.78 is 45.9. The quantitative estimate of drug-likeness (QED) is 0.591. The minimum atomic E-state index is -4.29. The van der Waals surface area contributed by atoms with Crippen LogP contribution in [0.1, 0.15) is 10.4 Å². The summed E-state index contributed by atoms with van der Waals surface area (Å²) in [4.78, 5) is 10.6. The van der Waals surface area contributed by atoms with Gasteiger partial charge in [-0.3, -0.25) is 4.79 Å². The van der Waals surface area contributed by atoms with Crippen molar-refractivity contribution in [3.05, 3.63) is 22.7 Å². The maximum absolute atomic E-state index is 11.9. The second-order valence-electron chi connectivity index (χ2n) is 3.29. The first-order valence-electron chi connectivity index (χ1n) is 5.03. The Morgan fingerprint density at radius 2 is 2.11 bits per heavy atom. The van der Waals surface area contributed by atoms with Crippen LogP contribution in [0.25, 0.3) is 0 Å². The fourth-order valence-electron chi connectivity index (χ4n) is 1.25. The van der Waals surface area contributed by atoms with E-state index in [2.05, 4.69) is 0 Å². The van der Waals surface area contributed by atoms with Gasteiger partial charge in [-0.25, -0.2) is 0 Å². The van der Waals surface area contributed by atoms with Gasteiger partial charge < -0.3 is 9.47 Å². The van der Waals surface area contributed by atoms with Gasteiger partial charge >= 0.3 is 5.51 Å². The number of rotatable bonds is 6. The third kappa shape index (κ3) is 5.20. The van der Waals surface area contributed by atoms with E-state index < -0.39 is 5.51 Å². The highest BCUT2D eigenvalue weighted by atomic mass is 35.5. The average Bonchev–Trinajstić information content (AvgIpc) is 2.34. The van der Waals surface area contributed by atoms with Crippen molar-refractivity contribution in [1.82, 2.24) is 0 Å². The van der Waals surface area contributed by atoms with Crippen LogP contribution in [0, 0.1) is 0 Å². The van der Waals surface area contributed by atoms with E-state index in [9.17, 15) is 18.0 Å². The fourth-order valence-corrected chi connectivity index (χ4v) is 1.92. The molecule has 0 amide bonds. The molecule has 0 spiro atoms. The van der Waals surface area contributed by atoms with Crippen LogP contribution in [0.4, 0.5) is 13.2 Å². The monoisotopic (exact) mass is 314 g/mol. The second kappa shape index (κ2) is 6.91. The Hall–Kier alpha value is -1.08. The molecule has 0 radical (unpaired) electrons. The number of thioether (sulfide) groups is 1.